The van der Waals surface area contributed by atoms with Crippen LogP contribution in [-0.4, -0.2) is 41.6 Å². The molecule has 0 N–H and O–H groups in total. The molecule has 18 heavy (non-hydrogen) atoms. The highest BCUT2D eigenvalue weighted by molar-refractivity contribution is 7.88. The van der Waals surface area contributed by atoms with E-state index < -0.39 is 10.0 Å². The Bertz CT molecular complexity index is 521. The molecular weight excluding hydrogens is 250 g/mol. The Morgan fingerprint density at radius 3 is 2.72 bits per heavy atom. The van der Waals surface area contributed by atoms with Crippen molar-refractivity contribution in [3.63, 3.8) is 0 Å². The summed E-state index contributed by atoms with van der Waals surface area (Å²) in [6, 6.07) is 0. The maximum absolute atomic E-state index is 11.6. The summed E-state index contributed by atoms with van der Waals surface area (Å²) in [4.78, 5) is 4.28. The number of aromatic nitrogens is 2. The molecule has 0 amide bonds. The third-order valence-electron chi connectivity index (χ3n) is 3.75. The van der Waals surface area contributed by atoms with Crippen molar-refractivity contribution < 1.29 is 8.42 Å². The molecule has 1 saturated heterocycles. The van der Waals surface area contributed by atoms with Gasteiger partial charge < -0.3 is 4.57 Å². The van der Waals surface area contributed by atoms with Crippen LogP contribution in [0.3, 0.4) is 0 Å². The van der Waals surface area contributed by atoms with Gasteiger partial charge in [0.15, 0.2) is 0 Å². The fourth-order valence-electron chi connectivity index (χ4n) is 2.48. The van der Waals surface area contributed by atoms with E-state index in [1.165, 1.54) is 11.9 Å². The highest BCUT2D eigenvalue weighted by Gasteiger charge is 2.26. The third-order valence-corrected chi connectivity index (χ3v) is 5.02. The zero-order valence-corrected chi connectivity index (χ0v) is 12.1. The van der Waals surface area contributed by atoms with E-state index in [9.17, 15) is 8.42 Å². The summed E-state index contributed by atoms with van der Waals surface area (Å²) in [5.74, 6) is 0.390. The Morgan fingerprint density at radius 2 is 2.17 bits per heavy atom. The number of hydrogen-bond acceptors (Lipinski definition) is 3. The predicted molar refractivity (Wildman–Crippen MR) is 70.8 cm³/mol. The molecule has 2 rings (SSSR count). The van der Waals surface area contributed by atoms with Gasteiger partial charge in [-0.2, -0.15) is 0 Å². The summed E-state index contributed by atoms with van der Waals surface area (Å²) in [7, 11) is -3.05. The Balaban J connectivity index is 2.04. The van der Waals surface area contributed by atoms with Crippen LogP contribution in [0.25, 0.3) is 0 Å². The fraction of sp³-hybridized carbons (Fsp3) is 0.750. The van der Waals surface area contributed by atoms with Crippen LogP contribution in [0.4, 0.5) is 0 Å². The lowest BCUT2D eigenvalue weighted by Gasteiger charge is -2.31. The normalized spacial score (nSPS) is 22.3. The first kappa shape index (κ1) is 13.5. The highest BCUT2D eigenvalue weighted by Crippen LogP contribution is 2.21. The lowest BCUT2D eigenvalue weighted by molar-refractivity contribution is 0.245. The molecule has 1 aliphatic rings. The van der Waals surface area contributed by atoms with Gasteiger partial charge in [0.2, 0.25) is 10.0 Å². The first-order chi connectivity index (χ1) is 8.38. The molecule has 0 aliphatic carbocycles. The van der Waals surface area contributed by atoms with Crippen molar-refractivity contribution in [2.45, 2.75) is 33.2 Å². The molecule has 1 fully saturated rings. The minimum atomic E-state index is -3.05. The SMILES string of the molecule is Cc1ncn(CC2CCCN(S(C)(=O)=O)C2)c1C. The summed E-state index contributed by atoms with van der Waals surface area (Å²) in [5, 5.41) is 0. The second-order valence-corrected chi connectivity index (χ2v) is 7.18. The average molecular weight is 271 g/mol. The summed E-state index contributed by atoms with van der Waals surface area (Å²) in [6.45, 7) is 6.21. The molecular formula is C12H21N3O2S. The third kappa shape index (κ3) is 2.92. The second-order valence-electron chi connectivity index (χ2n) is 5.20. The lowest BCUT2D eigenvalue weighted by atomic mass is 9.99. The average Bonchev–Trinajstić information content (AvgIpc) is 2.60. The molecule has 0 saturated carbocycles. The molecule has 1 atom stereocenters. The van der Waals surface area contributed by atoms with Gasteiger partial charge in [0.1, 0.15) is 0 Å². The Morgan fingerprint density at radius 1 is 1.44 bits per heavy atom. The van der Waals surface area contributed by atoms with Gasteiger partial charge in [0, 0.05) is 25.3 Å². The summed E-state index contributed by atoms with van der Waals surface area (Å²) in [6.07, 6.45) is 5.18. The van der Waals surface area contributed by atoms with Gasteiger partial charge in [-0.3, -0.25) is 0 Å². The number of rotatable bonds is 3. The molecule has 0 spiro atoms. The molecule has 5 nitrogen and oxygen atoms in total. The van der Waals surface area contributed by atoms with Crippen molar-refractivity contribution in [3.05, 3.63) is 17.7 Å². The van der Waals surface area contributed by atoms with E-state index in [2.05, 4.69) is 16.5 Å². The van der Waals surface area contributed by atoms with Crippen LogP contribution in [-0.2, 0) is 16.6 Å². The van der Waals surface area contributed by atoms with Gasteiger partial charge in [0.05, 0.1) is 18.3 Å². The minimum absolute atomic E-state index is 0.390. The van der Waals surface area contributed by atoms with Gasteiger partial charge in [-0.15, -0.1) is 0 Å². The van der Waals surface area contributed by atoms with Gasteiger partial charge in [0.25, 0.3) is 0 Å². The zero-order chi connectivity index (χ0) is 13.3. The van der Waals surface area contributed by atoms with Gasteiger partial charge in [-0.25, -0.2) is 17.7 Å². The zero-order valence-electron chi connectivity index (χ0n) is 11.3. The van der Waals surface area contributed by atoms with Crippen LogP contribution >= 0.6 is 0 Å². The number of nitrogens with zero attached hydrogens (tertiary/aromatic N) is 3. The topological polar surface area (TPSA) is 55.2 Å². The monoisotopic (exact) mass is 271 g/mol. The fourth-order valence-corrected chi connectivity index (χ4v) is 3.43. The largest absolute Gasteiger partial charge is 0.334 e. The van der Waals surface area contributed by atoms with Gasteiger partial charge >= 0.3 is 0 Å². The Kier molecular flexibility index (Phi) is 3.77. The van der Waals surface area contributed by atoms with Crippen LogP contribution in [0.5, 0.6) is 0 Å². The maximum Gasteiger partial charge on any atom is 0.211 e. The number of imidazole rings is 1. The Hall–Kier alpha value is -0.880. The first-order valence-electron chi connectivity index (χ1n) is 6.31. The molecule has 102 valence electrons. The Labute approximate surface area is 109 Å². The molecule has 6 heteroatoms. The molecule has 1 aromatic heterocycles. The van der Waals surface area contributed by atoms with Crippen LogP contribution in [0.2, 0.25) is 0 Å². The van der Waals surface area contributed by atoms with E-state index >= 15 is 0 Å². The number of piperidine rings is 1. The summed E-state index contributed by atoms with van der Waals surface area (Å²) in [5.41, 5.74) is 2.22. The van der Waals surface area contributed by atoms with Gasteiger partial charge in [-0.1, -0.05) is 0 Å². The van der Waals surface area contributed by atoms with Crippen LogP contribution < -0.4 is 0 Å². The molecule has 0 radical (unpaired) electrons. The van der Waals surface area contributed by atoms with Crippen LogP contribution in [0.1, 0.15) is 24.2 Å². The molecule has 2 heterocycles. The maximum atomic E-state index is 11.6. The number of aryl methyl sites for hydroxylation is 1. The van der Waals surface area contributed by atoms with Crippen molar-refractivity contribution in [2.24, 2.45) is 5.92 Å². The molecule has 0 bridgehead atoms. The van der Waals surface area contributed by atoms with E-state index in [1.807, 2.05) is 13.3 Å². The molecule has 1 aromatic rings. The number of sulfonamides is 1. The predicted octanol–water partition coefficient (Wildman–Crippen LogP) is 1.17. The first-order valence-corrected chi connectivity index (χ1v) is 8.16. The van der Waals surface area contributed by atoms with Crippen LogP contribution in [0.15, 0.2) is 6.33 Å². The molecule has 1 unspecified atom stereocenters. The van der Waals surface area contributed by atoms with Crippen molar-refractivity contribution in [1.29, 1.82) is 0 Å². The van der Waals surface area contributed by atoms with E-state index in [0.717, 1.165) is 25.1 Å². The quantitative estimate of drug-likeness (QED) is 0.829. The van der Waals surface area contributed by atoms with Crippen molar-refractivity contribution >= 4 is 10.0 Å². The van der Waals surface area contributed by atoms with E-state index in [-0.39, 0.29) is 0 Å². The molecule has 0 aromatic carbocycles. The standard InChI is InChI=1S/C12H21N3O2S/c1-10-11(2)14(9-13-10)7-12-5-4-6-15(8-12)18(3,16)17/h9,12H,4-8H2,1-3H3. The van der Waals surface area contributed by atoms with Crippen molar-refractivity contribution in [1.82, 2.24) is 13.9 Å². The van der Waals surface area contributed by atoms with E-state index in [4.69, 9.17) is 0 Å². The molecule has 1 aliphatic heterocycles. The van der Waals surface area contributed by atoms with E-state index in [0.29, 0.717) is 19.0 Å². The van der Waals surface area contributed by atoms with Crippen LogP contribution in [0, 0.1) is 19.8 Å². The minimum Gasteiger partial charge on any atom is -0.334 e. The van der Waals surface area contributed by atoms with Crippen molar-refractivity contribution in [3.8, 4) is 0 Å². The summed E-state index contributed by atoms with van der Waals surface area (Å²) >= 11 is 0. The van der Waals surface area contributed by atoms with Crippen molar-refractivity contribution in [2.75, 3.05) is 19.3 Å². The second kappa shape index (κ2) is 5.01. The lowest BCUT2D eigenvalue weighted by Crippen LogP contribution is -2.40. The van der Waals surface area contributed by atoms with Gasteiger partial charge in [-0.05, 0) is 32.6 Å². The van der Waals surface area contributed by atoms with E-state index in [1.54, 1.807) is 4.31 Å². The smallest absolute Gasteiger partial charge is 0.211 e. The number of hydrogen-bond donors (Lipinski definition) is 0. The highest BCUT2D eigenvalue weighted by atomic mass is 32.2. The summed E-state index contributed by atoms with van der Waals surface area (Å²) < 4.78 is 26.9.